The SMILES string of the molecule is CCN(CCc1ccncc1)C1=C(c2ccc(C)cc2)C(=O)N(C(C)C)C1=O. The van der Waals surface area contributed by atoms with Crippen molar-refractivity contribution < 1.29 is 9.59 Å². The Morgan fingerprint density at radius 1 is 1.00 bits per heavy atom. The monoisotopic (exact) mass is 377 g/mol. The van der Waals surface area contributed by atoms with Crippen molar-refractivity contribution in [2.75, 3.05) is 13.1 Å². The Kier molecular flexibility index (Phi) is 5.93. The van der Waals surface area contributed by atoms with Crippen LogP contribution in [0.25, 0.3) is 5.57 Å². The number of hydrogen-bond donors (Lipinski definition) is 0. The van der Waals surface area contributed by atoms with Gasteiger partial charge in [-0.25, -0.2) is 0 Å². The number of carbonyl (C=O) groups excluding carboxylic acids is 2. The number of amides is 2. The maximum Gasteiger partial charge on any atom is 0.278 e. The van der Waals surface area contributed by atoms with Gasteiger partial charge in [-0.3, -0.25) is 19.5 Å². The van der Waals surface area contributed by atoms with E-state index in [9.17, 15) is 9.59 Å². The molecule has 0 saturated carbocycles. The zero-order valence-electron chi connectivity index (χ0n) is 17.0. The molecule has 5 nitrogen and oxygen atoms in total. The third kappa shape index (κ3) is 3.84. The minimum atomic E-state index is -0.207. The number of benzene rings is 1. The van der Waals surface area contributed by atoms with Crippen LogP contribution in [0.5, 0.6) is 0 Å². The Morgan fingerprint density at radius 3 is 2.21 bits per heavy atom. The fourth-order valence-electron chi connectivity index (χ4n) is 3.52. The zero-order valence-corrected chi connectivity index (χ0v) is 17.0. The zero-order chi connectivity index (χ0) is 20.3. The smallest absolute Gasteiger partial charge is 0.278 e. The second-order valence-corrected chi connectivity index (χ2v) is 7.35. The van der Waals surface area contributed by atoms with E-state index in [-0.39, 0.29) is 17.9 Å². The van der Waals surface area contributed by atoms with Gasteiger partial charge in [0.2, 0.25) is 0 Å². The maximum atomic E-state index is 13.2. The van der Waals surface area contributed by atoms with Crippen molar-refractivity contribution in [3.05, 3.63) is 71.2 Å². The predicted octanol–water partition coefficient (Wildman–Crippen LogP) is 3.44. The maximum absolute atomic E-state index is 13.2. The number of likely N-dealkylation sites (N-methyl/N-ethyl adjacent to an activating group) is 1. The van der Waals surface area contributed by atoms with Gasteiger partial charge in [-0.05, 0) is 57.4 Å². The number of carbonyl (C=O) groups is 2. The second-order valence-electron chi connectivity index (χ2n) is 7.35. The van der Waals surface area contributed by atoms with E-state index in [0.29, 0.717) is 24.4 Å². The van der Waals surface area contributed by atoms with E-state index in [2.05, 4.69) is 4.98 Å². The van der Waals surface area contributed by atoms with Crippen LogP contribution in [0.15, 0.2) is 54.5 Å². The van der Waals surface area contributed by atoms with Crippen LogP contribution in [0.2, 0.25) is 0 Å². The Bertz CT molecular complexity index is 886. The van der Waals surface area contributed by atoms with Crippen LogP contribution in [-0.2, 0) is 16.0 Å². The average molecular weight is 377 g/mol. The van der Waals surface area contributed by atoms with Gasteiger partial charge in [0.05, 0.1) is 5.57 Å². The van der Waals surface area contributed by atoms with Gasteiger partial charge in [-0.15, -0.1) is 0 Å². The molecule has 0 fully saturated rings. The van der Waals surface area contributed by atoms with Crippen LogP contribution in [0.3, 0.4) is 0 Å². The largest absolute Gasteiger partial charge is 0.366 e. The van der Waals surface area contributed by atoms with Crippen LogP contribution < -0.4 is 0 Å². The molecule has 0 atom stereocenters. The van der Waals surface area contributed by atoms with Crippen LogP contribution in [0.1, 0.15) is 37.5 Å². The van der Waals surface area contributed by atoms with Gasteiger partial charge in [0.15, 0.2) is 0 Å². The number of nitrogens with zero attached hydrogens (tertiary/aromatic N) is 3. The molecule has 0 unspecified atom stereocenters. The van der Waals surface area contributed by atoms with Gasteiger partial charge < -0.3 is 4.90 Å². The van der Waals surface area contributed by atoms with Crippen molar-refractivity contribution in [3.8, 4) is 0 Å². The summed E-state index contributed by atoms with van der Waals surface area (Å²) in [6, 6.07) is 11.6. The lowest BCUT2D eigenvalue weighted by Crippen LogP contribution is -2.40. The Hall–Kier alpha value is -2.95. The molecule has 1 aromatic heterocycles. The van der Waals surface area contributed by atoms with E-state index in [0.717, 1.165) is 23.1 Å². The summed E-state index contributed by atoms with van der Waals surface area (Å²) in [5.41, 5.74) is 4.09. The van der Waals surface area contributed by atoms with E-state index >= 15 is 0 Å². The number of rotatable bonds is 7. The van der Waals surface area contributed by atoms with Crippen molar-refractivity contribution in [3.63, 3.8) is 0 Å². The number of hydrogen-bond acceptors (Lipinski definition) is 4. The van der Waals surface area contributed by atoms with Crippen molar-refractivity contribution in [2.45, 2.75) is 40.2 Å². The summed E-state index contributed by atoms with van der Waals surface area (Å²) in [6.45, 7) is 9.09. The molecule has 0 bridgehead atoms. The molecule has 3 rings (SSSR count). The van der Waals surface area contributed by atoms with Crippen molar-refractivity contribution >= 4 is 17.4 Å². The molecular formula is C23H27N3O2. The van der Waals surface area contributed by atoms with Gasteiger partial charge in [0.1, 0.15) is 5.70 Å². The first-order chi connectivity index (χ1) is 13.4. The lowest BCUT2D eigenvalue weighted by Gasteiger charge is -2.25. The van der Waals surface area contributed by atoms with Crippen molar-refractivity contribution in [1.82, 2.24) is 14.8 Å². The van der Waals surface area contributed by atoms with Gasteiger partial charge in [-0.2, -0.15) is 0 Å². The number of aromatic nitrogens is 1. The minimum Gasteiger partial charge on any atom is -0.366 e. The second kappa shape index (κ2) is 8.38. The highest BCUT2D eigenvalue weighted by molar-refractivity contribution is 6.35. The minimum absolute atomic E-state index is 0.183. The van der Waals surface area contributed by atoms with Gasteiger partial charge in [-0.1, -0.05) is 29.8 Å². The first-order valence-corrected chi connectivity index (χ1v) is 9.77. The molecule has 1 aliphatic rings. The van der Waals surface area contributed by atoms with E-state index in [1.807, 2.05) is 69.0 Å². The summed E-state index contributed by atoms with van der Waals surface area (Å²) in [7, 11) is 0. The topological polar surface area (TPSA) is 53.5 Å². The Morgan fingerprint density at radius 2 is 1.64 bits per heavy atom. The van der Waals surface area contributed by atoms with E-state index in [1.165, 1.54) is 4.90 Å². The third-order valence-corrected chi connectivity index (χ3v) is 5.07. The molecule has 1 aromatic carbocycles. The molecule has 0 aliphatic carbocycles. The molecule has 0 saturated heterocycles. The quantitative estimate of drug-likeness (QED) is 0.694. The molecule has 0 spiro atoms. The van der Waals surface area contributed by atoms with E-state index < -0.39 is 0 Å². The van der Waals surface area contributed by atoms with Gasteiger partial charge in [0.25, 0.3) is 11.8 Å². The molecule has 2 heterocycles. The van der Waals surface area contributed by atoms with E-state index in [4.69, 9.17) is 0 Å². The molecule has 2 amide bonds. The predicted molar refractivity (Wildman–Crippen MR) is 110 cm³/mol. The number of imide groups is 1. The van der Waals surface area contributed by atoms with Crippen molar-refractivity contribution in [1.29, 1.82) is 0 Å². The average Bonchev–Trinajstić information content (AvgIpc) is 2.94. The summed E-state index contributed by atoms with van der Waals surface area (Å²) >= 11 is 0. The van der Waals surface area contributed by atoms with Gasteiger partial charge in [0, 0.05) is 31.5 Å². The number of pyridine rings is 1. The molecule has 0 N–H and O–H groups in total. The molecule has 28 heavy (non-hydrogen) atoms. The summed E-state index contributed by atoms with van der Waals surface area (Å²) in [5.74, 6) is -0.409. The third-order valence-electron chi connectivity index (χ3n) is 5.07. The highest BCUT2D eigenvalue weighted by Gasteiger charge is 2.42. The summed E-state index contributed by atoms with van der Waals surface area (Å²) < 4.78 is 0. The first-order valence-electron chi connectivity index (χ1n) is 9.77. The normalized spacial score (nSPS) is 14.4. The Labute approximate surface area is 166 Å². The molecule has 0 radical (unpaired) electrons. The highest BCUT2D eigenvalue weighted by atomic mass is 16.2. The van der Waals surface area contributed by atoms with Crippen LogP contribution >= 0.6 is 0 Å². The lowest BCUT2D eigenvalue weighted by atomic mass is 10.0. The standard InChI is InChI=1S/C23H27N3O2/c1-5-25(15-12-18-10-13-24-14-11-18)21-20(19-8-6-17(4)7-9-19)22(27)26(16(2)3)23(21)28/h6-11,13-14,16H,5,12,15H2,1-4H3. The summed E-state index contributed by atoms with van der Waals surface area (Å²) in [5, 5.41) is 0. The van der Waals surface area contributed by atoms with Crippen LogP contribution in [-0.4, -0.2) is 45.7 Å². The van der Waals surface area contributed by atoms with E-state index in [1.54, 1.807) is 12.4 Å². The molecule has 5 heteroatoms. The first kappa shape index (κ1) is 19.8. The lowest BCUT2D eigenvalue weighted by molar-refractivity contribution is -0.139. The number of aryl methyl sites for hydroxylation is 1. The highest BCUT2D eigenvalue weighted by Crippen LogP contribution is 2.33. The Balaban J connectivity index is 2.00. The molecule has 146 valence electrons. The summed E-state index contributed by atoms with van der Waals surface area (Å²) in [6.07, 6.45) is 4.32. The molecule has 2 aromatic rings. The van der Waals surface area contributed by atoms with Crippen molar-refractivity contribution in [2.24, 2.45) is 0 Å². The summed E-state index contributed by atoms with van der Waals surface area (Å²) in [4.78, 5) is 33.8. The van der Waals surface area contributed by atoms with Crippen LogP contribution in [0.4, 0.5) is 0 Å². The fraction of sp³-hybridized carbons (Fsp3) is 0.348. The molecular weight excluding hydrogens is 350 g/mol. The van der Waals surface area contributed by atoms with Gasteiger partial charge >= 0.3 is 0 Å². The molecule has 1 aliphatic heterocycles. The fourth-order valence-corrected chi connectivity index (χ4v) is 3.52. The van der Waals surface area contributed by atoms with Crippen LogP contribution in [0, 0.1) is 6.92 Å².